The summed E-state index contributed by atoms with van der Waals surface area (Å²) in [6.07, 6.45) is 7.02. The van der Waals surface area contributed by atoms with Crippen LogP contribution in [0.25, 0.3) is 0 Å². The molecule has 0 aromatic rings. The minimum Gasteiger partial charge on any atom is -0.375 e. The van der Waals surface area contributed by atoms with Crippen LogP contribution in [0.5, 0.6) is 0 Å². The van der Waals surface area contributed by atoms with Crippen molar-refractivity contribution in [2.24, 2.45) is 11.8 Å². The van der Waals surface area contributed by atoms with Crippen LogP contribution in [0.2, 0.25) is 0 Å². The first kappa shape index (κ1) is 16.6. The molecule has 0 spiro atoms. The Labute approximate surface area is 132 Å². The first-order valence-corrected chi connectivity index (χ1v) is 9.98. The topological polar surface area (TPSA) is 82.1 Å². The van der Waals surface area contributed by atoms with E-state index in [0.29, 0.717) is 24.9 Å². The fourth-order valence-corrected chi connectivity index (χ4v) is 4.54. The van der Waals surface area contributed by atoms with E-state index < -0.39 is 10.1 Å². The Kier molecular flexibility index (Phi) is 5.39. The van der Waals surface area contributed by atoms with Crippen molar-refractivity contribution in [2.75, 3.05) is 19.0 Å². The SMILES string of the molecule is O=S(=O)(O)CCCOC1C2CCC(C2)C1OC1CCCCO1. The normalized spacial score (nSPS) is 38.5. The summed E-state index contributed by atoms with van der Waals surface area (Å²) in [5.74, 6) is 0.817. The Morgan fingerprint density at radius 2 is 1.86 bits per heavy atom. The predicted molar refractivity (Wildman–Crippen MR) is 80.1 cm³/mol. The molecule has 3 aliphatic rings. The Hall–Kier alpha value is -0.210. The molecule has 0 aromatic carbocycles. The third-order valence-corrected chi connectivity index (χ3v) is 5.88. The van der Waals surface area contributed by atoms with Crippen LogP contribution in [0.15, 0.2) is 0 Å². The molecule has 22 heavy (non-hydrogen) atoms. The lowest BCUT2D eigenvalue weighted by Crippen LogP contribution is -2.41. The maximum Gasteiger partial charge on any atom is 0.264 e. The third-order valence-electron chi connectivity index (χ3n) is 5.07. The van der Waals surface area contributed by atoms with Crippen molar-refractivity contribution in [3.63, 3.8) is 0 Å². The molecular weight excluding hydrogens is 308 g/mol. The first-order chi connectivity index (χ1) is 10.5. The summed E-state index contributed by atoms with van der Waals surface area (Å²) in [5.41, 5.74) is 0. The highest BCUT2D eigenvalue weighted by Crippen LogP contribution is 2.48. The number of fused-ring (bicyclic) bond motifs is 2. The molecule has 1 saturated heterocycles. The second kappa shape index (κ2) is 7.13. The van der Waals surface area contributed by atoms with Crippen molar-refractivity contribution >= 4 is 10.1 Å². The van der Waals surface area contributed by atoms with Gasteiger partial charge in [-0.05, 0) is 56.8 Å². The molecule has 5 unspecified atom stereocenters. The molecule has 128 valence electrons. The zero-order chi connectivity index (χ0) is 15.6. The van der Waals surface area contributed by atoms with Gasteiger partial charge in [0.05, 0.1) is 18.0 Å². The van der Waals surface area contributed by atoms with E-state index in [1.165, 1.54) is 12.8 Å². The van der Waals surface area contributed by atoms with Crippen LogP contribution >= 0.6 is 0 Å². The van der Waals surface area contributed by atoms with Crippen molar-refractivity contribution in [1.29, 1.82) is 0 Å². The quantitative estimate of drug-likeness (QED) is 0.566. The highest BCUT2D eigenvalue weighted by atomic mass is 32.2. The van der Waals surface area contributed by atoms with Gasteiger partial charge in [-0.15, -0.1) is 0 Å². The second-order valence-corrected chi connectivity index (χ2v) is 8.28. The van der Waals surface area contributed by atoms with Gasteiger partial charge >= 0.3 is 0 Å². The molecule has 1 aliphatic heterocycles. The van der Waals surface area contributed by atoms with Crippen LogP contribution in [-0.2, 0) is 24.3 Å². The fourth-order valence-electron chi connectivity index (χ4n) is 4.06. The van der Waals surface area contributed by atoms with Gasteiger partial charge in [0, 0.05) is 13.2 Å². The number of hydrogen-bond acceptors (Lipinski definition) is 5. The Balaban J connectivity index is 1.49. The van der Waals surface area contributed by atoms with E-state index in [0.717, 1.165) is 32.3 Å². The van der Waals surface area contributed by atoms with Gasteiger partial charge in [0.15, 0.2) is 6.29 Å². The van der Waals surface area contributed by atoms with Gasteiger partial charge in [0.1, 0.15) is 0 Å². The maximum absolute atomic E-state index is 10.7. The molecule has 6 nitrogen and oxygen atoms in total. The van der Waals surface area contributed by atoms with Crippen LogP contribution in [0, 0.1) is 11.8 Å². The molecular formula is C15H26O6S. The summed E-state index contributed by atoms with van der Waals surface area (Å²) in [6.45, 7) is 1.12. The van der Waals surface area contributed by atoms with Crippen molar-refractivity contribution in [3.05, 3.63) is 0 Å². The molecule has 7 heteroatoms. The highest BCUT2D eigenvalue weighted by Gasteiger charge is 2.50. The van der Waals surface area contributed by atoms with Gasteiger partial charge in [-0.3, -0.25) is 4.55 Å². The number of ether oxygens (including phenoxy) is 3. The number of rotatable bonds is 7. The molecule has 0 amide bonds. The summed E-state index contributed by atoms with van der Waals surface area (Å²) >= 11 is 0. The van der Waals surface area contributed by atoms with Crippen LogP contribution in [0.3, 0.4) is 0 Å². The smallest absolute Gasteiger partial charge is 0.264 e. The summed E-state index contributed by atoms with van der Waals surface area (Å²) < 4.78 is 48.0. The Morgan fingerprint density at radius 3 is 2.55 bits per heavy atom. The van der Waals surface area contributed by atoms with Crippen molar-refractivity contribution < 1.29 is 27.2 Å². The van der Waals surface area contributed by atoms with Crippen LogP contribution < -0.4 is 0 Å². The van der Waals surface area contributed by atoms with Crippen molar-refractivity contribution in [3.8, 4) is 0 Å². The third kappa shape index (κ3) is 4.20. The van der Waals surface area contributed by atoms with Gasteiger partial charge < -0.3 is 14.2 Å². The van der Waals surface area contributed by atoms with Gasteiger partial charge in [-0.2, -0.15) is 8.42 Å². The lowest BCUT2D eigenvalue weighted by molar-refractivity contribution is -0.221. The Bertz CT molecular complexity index is 459. The molecule has 1 N–H and O–H groups in total. The van der Waals surface area contributed by atoms with E-state index in [-0.39, 0.29) is 24.3 Å². The van der Waals surface area contributed by atoms with E-state index in [1.807, 2.05) is 0 Å². The van der Waals surface area contributed by atoms with Gasteiger partial charge in [-0.1, -0.05) is 0 Å². The van der Waals surface area contributed by atoms with E-state index >= 15 is 0 Å². The second-order valence-electron chi connectivity index (χ2n) is 6.71. The van der Waals surface area contributed by atoms with Crippen molar-refractivity contribution in [2.45, 2.75) is 63.4 Å². The van der Waals surface area contributed by atoms with Crippen LogP contribution in [0.4, 0.5) is 0 Å². The van der Waals surface area contributed by atoms with E-state index in [4.69, 9.17) is 18.8 Å². The lowest BCUT2D eigenvalue weighted by atomic mass is 9.94. The monoisotopic (exact) mass is 334 g/mol. The maximum atomic E-state index is 10.7. The van der Waals surface area contributed by atoms with Gasteiger partial charge in [-0.25, -0.2) is 0 Å². The molecule has 3 rings (SSSR count). The van der Waals surface area contributed by atoms with E-state index in [2.05, 4.69) is 0 Å². The molecule has 5 atom stereocenters. The molecule has 2 bridgehead atoms. The van der Waals surface area contributed by atoms with Crippen molar-refractivity contribution in [1.82, 2.24) is 0 Å². The minimum absolute atomic E-state index is 0.0469. The molecule has 0 aromatic heterocycles. The molecule has 2 saturated carbocycles. The van der Waals surface area contributed by atoms with Gasteiger partial charge in [0.25, 0.3) is 10.1 Å². The predicted octanol–water partition coefficient (Wildman–Crippen LogP) is 1.99. The van der Waals surface area contributed by atoms with Crippen LogP contribution in [0.1, 0.15) is 44.9 Å². The largest absolute Gasteiger partial charge is 0.375 e. The summed E-state index contributed by atoms with van der Waals surface area (Å²) in [7, 11) is -3.90. The molecule has 3 fully saturated rings. The zero-order valence-electron chi connectivity index (χ0n) is 12.9. The summed E-state index contributed by atoms with van der Waals surface area (Å²) in [5, 5.41) is 0. The fraction of sp³-hybridized carbons (Fsp3) is 1.00. The molecule has 1 heterocycles. The standard InChI is InChI=1S/C15H26O6S/c16-22(17,18)9-3-8-20-14-11-5-6-12(10-11)15(14)21-13-4-1-2-7-19-13/h11-15H,1-10H2,(H,16,17,18). The first-order valence-electron chi connectivity index (χ1n) is 8.37. The van der Waals surface area contributed by atoms with Gasteiger partial charge in [0.2, 0.25) is 0 Å². The zero-order valence-corrected chi connectivity index (χ0v) is 13.7. The minimum atomic E-state index is -3.90. The lowest BCUT2D eigenvalue weighted by Gasteiger charge is -2.35. The van der Waals surface area contributed by atoms with E-state index in [9.17, 15) is 8.42 Å². The Morgan fingerprint density at radius 1 is 1.09 bits per heavy atom. The summed E-state index contributed by atoms with van der Waals surface area (Å²) in [6, 6.07) is 0. The average Bonchev–Trinajstić information content (AvgIpc) is 3.06. The summed E-state index contributed by atoms with van der Waals surface area (Å²) in [4.78, 5) is 0. The number of hydrogen-bond donors (Lipinski definition) is 1. The molecule has 2 aliphatic carbocycles. The average molecular weight is 334 g/mol. The van der Waals surface area contributed by atoms with E-state index in [1.54, 1.807) is 0 Å². The highest BCUT2D eigenvalue weighted by molar-refractivity contribution is 7.85. The molecule has 0 radical (unpaired) electrons. The van der Waals surface area contributed by atoms with Crippen LogP contribution in [-0.4, -0.2) is 50.4 Å².